The van der Waals surface area contributed by atoms with Gasteiger partial charge in [0.25, 0.3) is 0 Å². The van der Waals surface area contributed by atoms with Crippen molar-refractivity contribution in [2.24, 2.45) is 0 Å². The van der Waals surface area contributed by atoms with E-state index in [1.54, 1.807) is 0 Å². The molecule has 0 heterocycles. The number of phosphoric acid groups is 1. The molecule has 0 spiro atoms. The molecule has 10 heteroatoms. The quantitative estimate of drug-likeness (QED) is 0.0211. The van der Waals surface area contributed by atoms with Crippen LogP contribution in [0.25, 0.3) is 0 Å². The van der Waals surface area contributed by atoms with Crippen molar-refractivity contribution in [1.29, 1.82) is 0 Å². The number of rotatable bonds is 73. The molecule has 0 aliphatic heterocycles. The summed E-state index contributed by atoms with van der Waals surface area (Å²) < 4.78 is 34.8. The van der Waals surface area contributed by atoms with E-state index in [-0.39, 0.29) is 32.0 Å². The molecule has 9 nitrogen and oxygen atoms in total. The highest BCUT2D eigenvalue weighted by atomic mass is 31.2. The predicted molar refractivity (Wildman–Crippen MR) is 463 cm³/mol. The van der Waals surface area contributed by atoms with Gasteiger partial charge < -0.3 is 18.9 Å². The Kier molecular flexibility index (Phi) is 77.6. The average molecular weight is 1480 g/mol. The summed E-state index contributed by atoms with van der Waals surface area (Å²) in [5.41, 5.74) is 0. The Morgan fingerprint density at radius 2 is 0.509 bits per heavy atom. The fraction of sp³-hybridized carbons (Fsp3) is 0.542. The van der Waals surface area contributed by atoms with E-state index in [9.17, 15) is 19.0 Å². The van der Waals surface area contributed by atoms with Gasteiger partial charge in [0.05, 0.1) is 27.7 Å². The minimum atomic E-state index is -4.42. The van der Waals surface area contributed by atoms with E-state index < -0.39 is 26.5 Å². The fourth-order valence-corrected chi connectivity index (χ4v) is 11.1. The number of ether oxygens (including phenoxy) is 2. The third kappa shape index (κ3) is 86.5. The molecular weight excluding hydrogens is 1330 g/mol. The second-order valence-electron chi connectivity index (χ2n) is 27.7. The first-order valence-electron chi connectivity index (χ1n) is 41.4. The maximum atomic E-state index is 12.9. The molecule has 0 amide bonds. The van der Waals surface area contributed by atoms with Crippen LogP contribution in [0.2, 0.25) is 0 Å². The first kappa shape index (κ1) is 99.6. The molecule has 0 aromatic heterocycles. The molecule has 1 N–H and O–H groups in total. The summed E-state index contributed by atoms with van der Waals surface area (Å²) in [6, 6.07) is 0. The molecule has 2 atom stereocenters. The number of phosphoric ester groups is 1. The number of carbonyl (C=O) groups excluding carboxylic acids is 2. The van der Waals surface area contributed by atoms with Crippen LogP contribution in [-0.2, 0) is 32.7 Å². The number of quaternary nitrogens is 1. The van der Waals surface area contributed by atoms with Gasteiger partial charge in [-0.15, -0.1) is 0 Å². The number of esters is 2. The van der Waals surface area contributed by atoms with Crippen molar-refractivity contribution in [3.05, 3.63) is 255 Å². The lowest BCUT2D eigenvalue weighted by molar-refractivity contribution is -0.870. The van der Waals surface area contributed by atoms with Gasteiger partial charge in [0.1, 0.15) is 19.8 Å². The summed E-state index contributed by atoms with van der Waals surface area (Å²) >= 11 is 0. The number of carbonyl (C=O) groups is 2. The molecule has 0 bridgehead atoms. The Balaban J connectivity index is 4.13. The molecule has 0 saturated carbocycles. The van der Waals surface area contributed by atoms with Gasteiger partial charge in [-0.05, 0) is 173 Å². The molecule has 2 unspecified atom stereocenters. The highest BCUT2D eigenvalue weighted by Crippen LogP contribution is 2.43. The Labute approximate surface area is 650 Å². The van der Waals surface area contributed by atoms with E-state index in [4.69, 9.17) is 18.5 Å². The van der Waals surface area contributed by atoms with Crippen LogP contribution in [0.3, 0.4) is 0 Å². The molecule has 0 aromatic rings. The topological polar surface area (TPSA) is 108 Å². The van der Waals surface area contributed by atoms with Crippen molar-refractivity contribution in [3.8, 4) is 0 Å². The summed E-state index contributed by atoms with van der Waals surface area (Å²) in [4.78, 5) is 36.0. The van der Waals surface area contributed by atoms with Gasteiger partial charge in [0, 0.05) is 12.8 Å². The Hall–Kier alpha value is -6.45. The number of unbranched alkanes of at least 4 members (excludes halogenated alkanes) is 17. The smallest absolute Gasteiger partial charge is 0.462 e. The van der Waals surface area contributed by atoms with Crippen molar-refractivity contribution in [2.45, 2.75) is 290 Å². The summed E-state index contributed by atoms with van der Waals surface area (Å²) in [6.45, 7) is 4.15. The van der Waals surface area contributed by atoms with Crippen LogP contribution in [0.5, 0.6) is 0 Å². The van der Waals surface area contributed by atoms with Crippen molar-refractivity contribution < 1.29 is 42.1 Å². The normalized spacial score (nSPS) is 14.4. The standard InChI is InChI=1S/C96H150NO8P/c1-6-8-10-12-14-16-18-20-22-24-26-28-30-32-34-36-38-40-42-44-46-48-50-52-54-56-58-60-62-64-66-68-70-72-74-76-78-80-82-84-86-88-95(98)102-92-94(93-104-106(100,101)103-91-90-97(3,4)5)105-96(99)89-87-85-83-81-79-77-75-73-71-69-67-65-63-61-59-57-55-53-51-49-47-45-43-41-39-37-35-33-31-29-27-25-23-21-19-17-15-13-11-9-7-2/h8-11,14-17,20-23,26-29,32-35,38-41,44-47,50-53,56-59,63,65,69,71,75,77,94H,6-7,12-13,18-19,24-25,30-31,36-37,42-43,48-49,54-55,60-62,64,66-68,70,72-74,76,78-93H2,1-5H3/p+1/b10-8-,11-9-,16-14-,17-15-,22-20-,23-21-,28-26-,29-27-,34-32-,35-33-,40-38-,41-39-,46-44-,47-45-,52-50-,53-51-,58-56-,59-57-,65-63-,71-69-,77-75-. The number of likely N-dealkylation sites (N-methyl/N-ethyl adjacent to an activating group) is 1. The molecule has 0 fully saturated rings. The lowest BCUT2D eigenvalue weighted by Crippen LogP contribution is -2.37. The summed E-state index contributed by atoms with van der Waals surface area (Å²) in [5, 5.41) is 0. The number of nitrogens with zero attached hydrogens (tertiary/aromatic N) is 1. The van der Waals surface area contributed by atoms with Crippen LogP contribution < -0.4 is 0 Å². The highest BCUT2D eigenvalue weighted by Gasteiger charge is 2.27. The van der Waals surface area contributed by atoms with Gasteiger partial charge in [-0.1, -0.05) is 353 Å². The number of hydrogen-bond donors (Lipinski definition) is 1. The third-order valence-electron chi connectivity index (χ3n) is 16.6. The van der Waals surface area contributed by atoms with Crippen molar-refractivity contribution in [2.75, 3.05) is 47.5 Å². The van der Waals surface area contributed by atoms with Crippen molar-refractivity contribution in [3.63, 3.8) is 0 Å². The minimum absolute atomic E-state index is 0.0136. The monoisotopic (exact) mass is 1480 g/mol. The summed E-state index contributed by atoms with van der Waals surface area (Å²) in [7, 11) is 1.43. The molecule has 0 aromatic carbocycles. The van der Waals surface area contributed by atoms with Gasteiger partial charge in [0.15, 0.2) is 6.10 Å². The molecule has 0 saturated heterocycles. The van der Waals surface area contributed by atoms with Gasteiger partial charge >= 0.3 is 19.8 Å². The van der Waals surface area contributed by atoms with E-state index in [1.807, 2.05) is 21.1 Å². The number of hydrogen-bond acceptors (Lipinski definition) is 7. The minimum Gasteiger partial charge on any atom is -0.462 e. The predicted octanol–water partition coefficient (Wildman–Crippen LogP) is 28.4. The van der Waals surface area contributed by atoms with E-state index in [0.29, 0.717) is 17.4 Å². The Morgan fingerprint density at radius 3 is 0.755 bits per heavy atom. The zero-order chi connectivity index (χ0) is 76.8. The summed E-state index contributed by atoms with van der Waals surface area (Å²) in [5.74, 6) is -0.842. The fourth-order valence-electron chi connectivity index (χ4n) is 10.3. The third-order valence-corrected chi connectivity index (χ3v) is 17.5. The van der Waals surface area contributed by atoms with Gasteiger partial charge in [-0.3, -0.25) is 18.6 Å². The van der Waals surface area contributed by atoms with Crippen LogP contribution in [-0.4, -0.2) is 74.9 Å². The molecule has 0 aliphatic rings. The maximum Gasteiger partial charge on any atom is 0.472 e. The van der Waals surface area contributed by atoms with Gasteiger partial charge in [-0.25, -0.2) is 4.57 Å². The number of allylic oxidation sites excluding steroid dienone is 42. The van der Waals surface area contributed by atoms with Crippen molar-refractivity contribution >= 4 is 19.8 Å². The molecule has 106 heavy (non-hydrogen) atoms. The van der Waals surface area contributed by atoms with Crippen LogP contribution in [0.1, 0.15) is 284 Å². The zero-order valence-electron chi connectivity index (χ0n) is 67.6. The molecule has 0 rings (SSSR count). The SMILES string of the molecule is CC/C=C\C/C=C\C/C=C\C/C=C\C/C=C\C/C=C\C/C=C\C/C=C\C/C=C\C/C=C\C/C=C\C/C=C\CCCCCCC(=O)OC(COC(=O)CCCCCCCCCCCCCCC/C=C\C/C=C\C/C=C\C/C=C\C/C=C\C/C=C\C/C=C\C/C=C\C/C=C\CC)COP(=O)(O)OCC[N+](C)(C)C. The van der Waals surface area contributed by atoms with Crippen LogP contribution in [0.4, 0.5) is 0 Å². The molecule has 0 radical (unpaired) electrons. The first-order valence-corrected chi connectivity index (χ1v) is 42.9. The van der Waals surface area contributed by atoms with E-state index in [0.717, 1.165) is 186 Å². The lowest BCUT2D eigenvalue weighted by Gasteiger charge is -2.24. The molecular formula is C96H151NO8P+. The highest BCUT2D eigenvalue weighted by molar-refractivity contribution is 7.47. The molecule has 0 aliphatic carbocycles. The van der Waals surface area contributed by atoms with Crippen LogP contribution in [0.15, 0.2) is 255 Å². The average Bonchev–Trinajstić information content (AvgIpc) is 0.908. The van der Waals surface area contributed by atoms with Crippen LogP contribution in [0, 0.1) is 0 Å². The second-order valence-corrected chi connectivity index (χ2v) is 29.1. The van der Waals surface area contributed by atoms with E-state index in [2.05, 4.69) is 269 Å². The first-order chi connectivity index (χ1) is 52.0. The van der Waals surface area contributed by atoms with Crippen LogP contribution >= 0.6 is 7.82 Å². The van der Waals surface area contributed by atoms with Gasteiger partial charge in [-0.2, -0.15) is 0 Å². The van der Waals surface area contributed by atoms with E-state index in [1.165, 1.54) is 64.2 Å². The van der Waals surface area contributed by atoms with Crippen molar-refractivity contribution in [1.82, 2.24) is 0 Å². The molecule has 592 valence electrons. The largest absolute Gasteiger partial charge is 0.472 e. The maximum absolute atomic E-state index is 12.9. The zero-order valence-corrected chi connectivity index (χ0v) is 68.4. The van der Waals surface area contributed by atoms with Gasteiger partial charge in [0.2, 0.25) is 0 Å². The second kappa shape index (κ2) is 82.6. The summed E-state index contributed by atoms with van der Waals surface area (Å²) in [6.07, 6.45) is 135. The lowest BCUT2D eigenvalue weighted by atomic mass is 10.0. The Morgan fingerprint density at radius 1 is 0.292 bits per heavy atom. The van der Waals surface area contributed by atoms with E-state index >= 15 is 0 Å². The Bertz CT molecular complexity index is 2750.